The van der Waals surface area contributed by atoms with Gasteiger partial charge in [-0.3, -0.25) is 4.99 Å². The lowest BCUT2D eigenvalue weighted by Gasteiger charge is -2.08. The van der Waals surface area contributed by atoms with Crippen LogP contribution in [0.5, 0.6) is 0 Å². The highest BCUT2D eigenvalue weighted by atomic mass is 19.2. The van der Waals surface area contributed by atoms with E-state index in [1.165, 1.54) is 0 Å². The van der Waals surface area contributed by atoms with Gasteiger partial charge in [-0.05, 0) is 24.1 Å². The van der Waals surface area contributed by atoms with Crippen LogP contribution in [0, 0.1) is 17.5 Å². The number of benzene rings is 1. The van der Waals surface area contributed by atoms with Crippen LogP contribution in [0.2, 0.25) is 0 Å². The molecule has 0 heterocycles. The smallest absolute Gasteiger partial charge is 0.194 e. The van der Waals surface area contributed by atoms with E-state index < -0.39 is 17.5 Å². The van der Waals surface area contributed by atoms with E-state index in [1.807, 2.05) is 0 Å². The van der Waals surface area contributed by atoms with Gasteiger partial charge in [0.15, 0.2) is 23.4 Å². The zero-order chi connectivity index (χ0) is 13.3. The topological polar surface area (TPSA) is 36.4 Å². The fourth-order valence-electron chi connectivity index (χ4n) is 1.94. The van der Waals surface area contributed by atoms with Gasteiger partial charge in [-0.2, -0.15) is 0 Å². The molecule has 0 aromatic heterocycles. The molecule has 0 saturated heterocycles. The average Bonchev–Trinajstić information content (AvgIpc) is 3.11. The Kier molecular flexibility index (Phi) is 3.45. The number of nitrogens with zero attached hydrogens (tertiary/aromatic N) is 1. The predicted molar refractivity (Wildman–Crippen MR) is 63.0 cm³/mol. The molecular formula is C12H14F3N3. The second-order valence-corrected chi connectivity index (χ2v) is 4.21. The molecule has 2 rings (SSSR count). The number of halogens is 3. The number of rotatable bonds is 2. The summed E-state index contributed by atoms with van der Waals surface area (Å²) in [5.74, 6) is -3.11. The minimum atomic E-state index is -1.42. The highest BCUT2D eigenvalue weighted by Gasteiger charge is 2.39. The van der Waals surface area contributed by atoms with Gasteiger partial charge < -0.3 is 10.6 Å². The maximum absolute atomic E-state index is 13.1. The summed E-state index contributed by atoms with van der Waals surface area (Å²) in [7, 11) is 3.36. The predicted octanol–water partition coefficient (Wildman–Crippen LogP) is 1.75. The molecule has 0 aliphatic heterocycles. The number of nitrogens with one attached hydrogen (secondary N) is 2. The summed E-state index contributed by atoms with van der Waals surface area (Å²) >= 11 is 0. The van der Waals surface area contributed by atoms with Crippen molar-refractivity contribution in [2.24, 2.45) is 4.99 Å². The largest absolute Gasteiger partial charge is 0.359 e. The second-order valence-electron chi connectivity index (χ2n) is 4.21. The second kappa shape index (κ2) is 4.88. The molecule has 0 unspecified atom stereocenters. The van der Waals surface area contributed by atoms with Crippen LogP contribution in [-0.2, 0) is 0 Å². The van der Waals surface area contributed by atoms with Gasteiger partial charge in [0.2, 0.25) is 0 Å². The molecule has 2 N–H and O–H groups in total. The number of aliphatic imine (C=N–C) groups is 1. The van der Waals surface area contributed by atoms with E-state index in [4.69, 9.17) is 0 Å². The van der Waals surface area contributed by atoms with Crippen molar-refractivity contribution < 1.29 is 13.2 Å². The summed E-state index contributed by atoms with van der Waals surface area (Å²) in [5.41, 5.74) is 0.468. The van der Waals surface area contributed by atoms with Crippen LogP contribution < -0.4 is 10.6 Å². The maximum atomic E-state index is 13.1. The quantitative estimate of drug-likeness (QED) is 0.481. The minimum Gasteiger partial charge on any atom is -0.359 e. The Labute approximate surface area is 103 Å². The molecule has 6 heteroatoms. The van der Waals surface area contributed by atoms with Crippen molar-refractivity contribution in [1.29, 1.82) is 0 Å². The first-order valence-electron chi connectivity index (χ1n) is 5.62. The van der Waals surface area contributed by atoms with Crippen molar-refractivity contribution in [2.45, 2.75) is 18.4 Å². The van der Waals surface area contributed by atoms with Crippen molar-refractivity contribution in [3.63, 3.8) is 0 Å². The Bertz CT molecular complexity index is 464. The van der Waals surface area contributed by atoms with E-state index in [2.05, 4.69) is 15.6 Å². The van der Waals surface area contributed by atoms with E-state index in [0.717, 1.165) is 18.6 Å². The summed E-state index contributed by atoms with van der Waals surface area (Å²) in [6.45, 7) is 0. The molecule has 0 amide bonds. The lowest BCUT2D eigenvalue weighted by Crippen LogP contribution is -2.36. The van der Waals surface area contributed by atoms with Crippen LogP contribution >= 0.6 is 0 Å². The molecule has 98 valence electrons. The Balaban J connectivity index is 2.08. The first-order valence-corrected chi connectivity index (χ1v) is 5.62. The molecular weight excluding hydrogens is 243 g/mol. The van der Waals surface area contributed by atoms with Gasteiger partial charge in [-0.15, -0.1) is 0 Å². The third-order valence-corrected chi connectivity index (χ3v) is 3.01. The van der Waals surface area contributed by atoms with Crippen LogP contribution in [0.3, 0.4) is 0 Å². The zero-order valence-electron chi connectivity index (χ0n) is 10.1. The van der Waals surface area contributed by atoms with Crippen LogP contribution in [0.15, 0.2) is 17.1 Å². The number of hydrogen-bond acceptors (Lipinski definition) is 1. The Morgan fingerprint density at radius 2 is 1.89 bits per heavy atom. The molecule has 3 nitrogen and oxygen atoms in total. The van der Waals surface area contributed by atoms with Crippen LogP contribution in [-0.4, -0.2) is 26.1 Å². The Morgan fingerprint density at radius 1 is 1.28 bits per heavy atom. The van der Waals surface area contributed by atoms with E-state index >= 15 is 0 Å². The molecule has 0 radical (unpaired) electrons. The van der Waals surface area contributed by atoms with Crippen LogP contribution in [0.1, 0.15) is 17.9 Å². The normalized spacial score (nSPS) is 22.8. The fraction of sp³-hybridized carbons (Fsp3) is 0.417. The van der Waals surface area contributed by atoms with Gasteiger partial charge in [0.1, 0.15) is 0 Å². The average molecular weight is 257 g/mol. The van der Waals surface area contributed by atoms with Crippen molar-refractivity contribution in [3.8, 4) is 0 Å². The lowest BCUT2D eigenvalue weighted by molar-refractivity contribution is 0.445. The van der Waals surface area contributed by atoms with E-state index in [-0.39, 0.29) is 12.0 Å². The van der Waals surface area contributed by atoms with Gasteiger partial charge in [0.05, 0.1) is 0 Å². The molecule has 2 atom stereocenters. The van der Waals surface area contributed by atoms with Crippen LogP contribution in [0.25, 0.3) is 0 Å². The molecule has 0 bridgehead atoms. The first-order chi connectivity index (χ1) is 8.56. The van der Waals surface area contributed by atoms with Gasteiger partial charge >= 0.3 is 0 Å². The van der Waals surface area contributed by atoms with Gasteiger partial charge in [0.25, 0.3) is 0 Å². The molecule has 18 heavy (non-hydrogen) atoms. The Hall–Kier alpha value is -1.72. The molecule has 1 aromatic rings. The summed E-state index contributed by atoms with van der Waals surface area (Å²) in [5, 5.41) is 5.95. The third-order valence-electron chi connectivity index (χ3n) is 3.01. The van der Waals surface area contributed by atoms with Crippen LogP contribution in [0.4, 0.5) is 13.2 Å². The summed E-state index contributed by atoms with van der Waals surface area (Å²) in [6.07, 6.45) is 0.741. The van der Waals surface area contributed by atoms with Gasteiger partial charge in [0, 0.05) is 26.1 Å². The SMILES string of the molecule is CN=C(NC)N[C@@H]1C[C@H]1c1cc(F)c(F)c(F)c1. The zero-order valence-corrected chi connectivity index (χ0v) is 10.1. The molecule has 1 aliphatic rings. The highest BCUT2D eigenvalue weighted by Crippen LogP contribution is 2.41. The molecule has 1 aliphatic carbocycles. The summed E-state index contributed by atoms with van der Waals surface area (Å²) in [6, 6.07) is 2.17. The maximum Gasteiger partial charge on any atom is 0.194 e. The first kappa shape index (κ1) is 12.7. The fourth-order valence-corrected chi connectivity index (χ4v) is 1.94. The number of hydrogen-bond donors (Lipinski definition) is 2. The summed E-state index contributed by atoms with van der Waals surface area (Å²) < 4.78 is 39.0. The molecule has 1 aromatic carbocycles. The van der Waals surface area contributed by atoms with E-state index in [1.54, 1.807) is 14.1 Å². The summed E-state index contributed by atoms with van der Waals surface area (Å²) in [4.78, 5) is 3.95. The van der Waals surface area contributed by atoms with Crippen molar-refractivity contribution in [3.05, 3.63) is 35.1 Å². The van der Waals surface area contributed by atoms with Crippen molar-refractivity contribution in [1.82, 2.24) is 10.6 Å². The standard InChI is InChI=1S/C12H14F3N3/c1-16-12(17-2)18-10-5-7(10)6-3-8(13)11(15)9(14)4-6/h3-4,7,10H,5H2,1-2H3,(H2,16,17,18)/t7-,10+/m0/s1. The van der Waals surface area contributed by atoms with Crippen molar-refractivity contribution in [2.75, 3.05) is 14.1 Å². The van der Waals surface area contributed by atoms with Crippen molar-refractivity contribution >= 4 is 5.96 Å². The minimum absolute atomic E-state index is 0.0142. The molecule has 1 saturated carbocycles. The molecule has 0 spiro atoms. The van der Waals surface area contributed by atoms with E-state index in [9.17, 15) is 13.2 Å². The third kappa shape index (κ3) is 2.42. The van der Waals surface area contributed by atoms with E-state index in [0.29, 0.717) is 11.5 Å². The lowest BCUT2D eigenvalue weighted by atomic mass is 10.1. The van der Waals surface area contributed by atoms with Gasteiger partial charge in [-0.1, -0.05) is 0 Å². The molecule has 1 fully saturated rings. The number of guanidine groups is 1. The monoisotopic (exact) mass is 257 g/mol. The Morgan fingerprint density at radius 3 is 2.39 bits per heavy atom. The van der Waals surface area contributed by atoms with Gasteiger partial charge in [-0.25, -0.2) is 13.2 Å². The highest BCUT2D eigenvalue weighted by molar-refractivity contribution is 5.80.